The minimum absolute atomic E-state index is 0.574. The van der Waals surface area contributed by atoms with Gasteiger partial charge in [-0.1, -0.05) is 22.9 Å². The summed E-state index contributed by atoms with van der Waals surface area (Å²) in [6, 6.07) is 0. The Kier molecular flexibility index (Phi) is 4.54. The van der Waals surface area contributed by atoms with Crippen molar-refractivity contribution in [1.82, 2.24) is 19.7 Å². The van der Waals surface area contributed by atoms with Crippen LogP contribution >= 0.6 is 15.9 Å². The molecule has 0 radical (unpaired) electrons. The SMILES string of the molecule is CC(Br)CCN(C)Cc1ncnn1C. The van der Waals surface area contributed by atoms with Crippen molar-refractivity contribution in [1.29, 1.82) is 0 Å². The average molecular weight is 261 g/mol. The molecule has 0 N–H and O–H groups in total. The van der Waals surface area contributed by atoms with Crippen LogP contribution in [-0.4, -0.2) is 38.1 Å². The first kappa shape index (κ1) is 11.7. The number of aromatic nitrogens is 3. The van der Waals surface area contributed by atoms with Crippen molar-refractivity contribution in [3.05, 3.63) is 12.2 Å². The van der Waals surface area contributed by atoms with E-state index >= 15 is 0 Å². The van der Waals surface area contributed by atoms with E-state index in [1.165, 1.54) is 0 Å². The molecular formula is C9H17BrN4. The fourth-order valence-corrected chi connectivity index (χ4v) is 1.39. The summed E-state index contributed by atoms with van der Waals surface area (Å²) in [7, 11) is 4.02. The van der Waals surface area contributed by atoms with Gasteiger partial charge in [0.25, 0.3) is 0 Å². The minimum atomic E-state index is 0.574. The standard InChI is InChI=1S/C9H17BrN4/c1-8(10)4-5-13(2)6-9-11-7-12-14(9)3/h7-8H,4-6H2,1-3H3. The summed E-state index contributed by atoms with van der Waals surface area (Å²) in [6.45, 7) is 4.09. The molecule has 4 nitrogen and oxygen atoms in total. The summed E-state index contributed by atoms with van der Waals surface area (Å²) in [5.41, 5.74) is 0. The van der Waals surface area contributed by atoms with E-state index in [0.717, 1.165) is 25.3 Å². The molecule has 0 saturated heterocycles. The largest absolute Gasteiger partial charge is 0.299 e. The third-order valence-electron chi connectivity index (χ3n) is 2.13. The van der Waals surface area contributed by atoms with Gasteiger partial charge in [-0.2, -0.15) is 5.10 Å². The molecule has 0 bridgehead atoms. The zero-order valence-corrected chi connectivity index (χ0v) is 10.5. The Balaban J connectivity index is 2.34. The lowest BCUT2D eigenvalue weighted by Crippen LogP contribution is -2.22. The highest BCUT2D eigenvalue weighted by Gasteiger charge is 2.05. The number of alkyl halides is 1. The number of rotatable bonds is 5. The van der Waals surface area contributed by atoms with E-state index < -0.39 is 0 Å². The lowest BCUT2D eigenvalue weighted by molar-refractivity contribution is 0.309. The van der Waals surface area contributed by atoms with Crippen molar-refractivity contribution in [2.24, 2.45) is 7.05 Å². The van der Waals surface area contributed by atoms with Crippen LogP contribution in [0.25, 0.3) is 0 Å². The van der Waals surface area contributed by atoms with Crippen LogP contribution < -0.4 is 0 Å². The quantitative estimate of drug-likeness (QED) is 0.752. The Bertz CT molecular complexity index is 272. The lowest BCUT2D eigenvalue weighted by atomic mass is 10.3. The van der Waals surface area contributed by atoms with Gasteiger partial charge in [0.05, 0.1) is 6.54 Å². The van der Waals surface area contributed by atoms with Crippen molar-refractivity contribution in [2.75, 3.05) is 13.6 Å². The van der Waals surface area contributed by atoms with Gasteiger partial charge in [0.15, 0.2) is 0 Å². The normalized spacial score (nSPS) is 13.5. The second-order valence-electron chi connectivity index (χ2n) is 3.61. The zero-order valence-electron chi connectivity index (χ0n) is 8.94. The number of halogens is 1. The number of hydrogen-bond acceptors (Lipinski definition) is 3. The highest BCUT2D eigenvalue weighted by molar-refractivity contribution is 9.09. The first-order valence-electron chi connectivity index (χ1n) is 4.75. The van der Waals surface area contributed by atoms with Crippen molar-refractivity contribution >= 4 is 15.9 Å². The topological polar surface area (TPSA) is 34.0 Å². The molecule has 14 heavy (non-hydrogen) atoms. The molecule has 0 amide bonds. The van der Waals surface area contributed by atoms with Gasteiger partial charge in [-0.05, 0) is 20.0 Å². The molecule has 80 valence electrons. The first-order valence-corrected chi connectivity index (χ1v) is 5.66. The highest BCUT2D eigenvalue weighted by Crippen LogP contribution is 2.05. The second kappa shape index (κ2) is 5.46. The number of hydrogen-bond donors (Lipinski definition) is 0. The van der Waals surface area contributed by atoms with E-state index in [1.54, 1.807) is 6.33 Å². The Morgan fingerprint density at radius 3 is 2.86 bits per heavy atom. The van der Waals surface area contributed by atoms with Crippen LogP contribution in [0, 0.1) is 0 Å². The Hall–Kier alpha value is -0.420. The van der Waals surface area contributed by atoms with Crippen LogP contribution in [0.1, 0.15) is 19.2 Å². The first-order chi connectivity index (χ1) is 6.59. The Labute approximate surface area is 93.4 Å². The maximum atomic E-state index is 4.18. The predicted octanol–water partition coefficient (Wildman–Crippen LogP) is 1.42. The maximum Gasteiger partial charge on any atom is 0.140 e. The van der Waals surface area contributed by atoms with Gasteiger partial charge >= 0.3 is 0 Å². The van der Waals surface area contributed by atoms with E-state index in [-0.39, 0.29) is 0 Å². The maximum absolute atomic E-state index is 4.18. The van der Waals surface area contributed by atoms with Crippen LogP contribution in [-0.2, 0) is 13.6 Å². The summed E-state index contributed by atoms with van der Waals surface area (Å²) in [6.07, 6.45) is 2.74. The Morgan fingerprint density at radius 1 is 1.64 bits per heavy atom. The number of aryl methyl sites for hydroxylation is 1. The van der Waals surface area contributed by atoms with Crippen molar-refractivity contribution < 1.29 is 0 Å². The molecule has 5 heteroatoms. The summed E-state index contributed by atoms with van der Waals surface area (Å²) >= 11 is 3.54. The fraction of sp³-hybridized carbons (Fsp3) is 0.778. The van der Waals surface area contributed by atoms with Crippen molar-refractivity contribution in [3.63, 3.8) is 0 Å². The second-order valence-corrected chi connectivity index (χ2v) is 5.17. The molecule has 1 unspecified atom stereocenters. The molecule has 0 aromatic carbocycles. The molecule has 0 spiro atoms. The molecule has 1 rings (SSSR count). The zero-order chi connectivity index (χ0) is 10.6. The van der Waals surface area contributed by atoms with E-state index in [1.807, 2.05) is 11.7 Å². The van der Waals surface area contributed by atoms with Gasteiger partial charge in [-0.3, -0.25) is 9.58 Å². The summed E-state index contributed by atoms with van der Waals surface area (Å²) < 4.78 is 1.81. The van der Waals surface area contributed by atoms with Crippen molar-refractivity contribution in [2.45, 2.75) is 24.7 Å². The lowest BCUT2D eigenvalue weighted by Gasteiger charge is -2.16. The molecule has 0 fully saturated rings. The van der Waals surface area contributed by atoms with Crippen LogP contribution in [0.4, 0.5) is 0 Å². The minimum Gasteiger partial charge on any atom is -0.299 e. The van der Waals surface area contributed by atoms with Gasteiger partial charge < -0.3 is 0 Å². The third-order valence-corrected chi connectivity index (χ3v) is 2.58. The monoisotopic (exact) mass is 260 g/mol. The molecule has 1 heterocycles. The molecule has 1 atom stereocenters. The molecule has 0 saturated carbocycles. The molecule has 0 aliphatic carbocycles. The van der Waals surface area contributed by atoms with Gasteiger partial charge in [-0.15, -0.1) is 0 Å². The summed E-state index contributed by atoms with van der Waals surface area (Å²) in [4.78, 5) is 7.01. The van der Waals surface area contributed by atoms with Crippen molar-refractivity contribution in [3.8, 4) is 0 Å². The number of nitrogens with zero attached hydrogens (tertiary/aromatic N) is 4. The molecule has 0 aliphatic heterocycles. The van der Waals surface area contributed by atoms with Gasteiger partial charge in [-0.25, -0.2) is 4.98 Å². The van der Waals surface area contributed by atoms with E-state index in [2.05, 4.69) is 44.9 Å². The van der Waals surface area contributed by atoms with Gasteiger partial charge in [0.1, 0.15) is 12.2 Å². The molecule has 1 aromatic rings. The van der Waals surface area contributed by atoms with E-state index in [4.69, 9.17) is 0 Å². The Morgan fingerprint density at radius 2 is 2.36 bits per heavy atom. The predicted molar refractivity (Wildman–Crippen MR) is 60.3 cm³/mol. The van der Waals surface area contributed by atoms with Crippen LogP contribution in [0.2, 0.25) is 0 Å². The van der Waals surface area contributed by atoms with Crippen LogP contribution in [0.5, 0.6) is 0 Å². The van der Waals surface area contributed by atoms with E-state index in [0.29, 0.717) is 4.83 Å². The smallest absolute Gasteiger partial charge is 0.140 e. The van der Waals surface area contributed by atoms with E-state index in [9.17, 15) is 0 Å². The van der Waals surface area contributed by atoms with Crippen LogP contribution in [0.15, 0.2) is 6.33 Å². The highest BCUT2D eigenvalue weighted by atomic mass is 79.9. The van der Waals surface area contributed by atoms with Gasteiger partial charge in [0, 0.05) is 11.9 Å². The molecule has 1 aromatic heterocycles. The average Bonchev–Trinajstić information content (AvgIpc) is 2.49. The molecule has 0 aliphatic rings. The fourth-order valence-electron chi connectivity index (χ4n) is 1.18. The van der Waals surface area contributed by atoms with Crippen LogP contribution in [0.3, 0.4) is 0 Å². The third kappa shape index (κ3) is 3.75. The summed E-state index contributed by atoms with van der Waals surface area (Å²) in [5, 5.41) is 4.03. The summed E-state index contributed by atoms with van der Waals surface area (Å²) in [5.74, 6) is 1.01. The molecular weight excluding hydrogens is 244 g/mol. The van der Waals surface area contributed by atoms with Gasteiger partial charge in [0.2, 0.25) is 0 Å².